The molecule has 1 saturated heterocycles. The van der Waals surface area contributed by atoms with E-state index in [1.165, 1.54) is 0 Å². The van der Waals surface area contributed by atoms with E-state index in [2.05, 4.69) is 10.6 Å². The number of amides is 2. The third-order valence-electron chi connectivity index (χ3n) is 2.84. The fourth-order valence-electron chi connectivity index (χ4n) is 1.93. The number of nitrogens with two attached hydrogens (primary N) is 2. The summed E-state index contributed by atoms with van der Waals surface area (Å²) >= 11 is 0. The number of nitrogens with one attached hydrogen (secondary N) is 2. The molecule has 0 radical (unpaired) electrons. The van der Waals surface area contributed by atoms with Crippen molar-refractivity contribution >= 4 is 23.2 Å². The lowest BCUT2D eigenvalue weighted by Gasteiger charge is -2.23. The highest BCUT2D eigenvalue weighted by Crippen LogP contribution is 2.14. The Bertz CT molecular complexity index is 457. The SMILES string of the molecule is Nc1cc(N)cc(C(=O)NC2CCC(=O)NC2)c1. The van der Waals surface area contributed by atoms with E-state index in [0.29, 0.717) is 36.3 Å². The lowest BCUT2D eigenvalue weighted by Crippen LogP contribution is -2.47. The summed E-state index contributed by atoms with van der Waals surface area (Å²) in [4.78, 5) is 23.0. The first kappa shape index (κ1) is 12.2. The maximum Gasteiger partial charge on any atom is 0.251 e. The molecular weight excluding hydrogens is 232 g/mol. The van der Waals surface area contributed by atoms with Crippen LogP contribution in [0.3, 0.4) is 0 Å². The van der Waals surface area contributed by atoms with Crippen LogP contribution in [0.25, 0.3) is 0 Å². The molecule has 0 saturated carbocycles. The fourth-order valence-corrected chi connectivity index (χ4v) is 1.93. The maximum absolute atomic E-state index is 12.0. The van der Waals surface area contributed by atoms with Crippen molar-refractivity contribution in [2.24, 2.45) is 0 Å². The molecule has 1 aliphatic rings. The van der Waals surface area contributed by atoms with Crippen molar-refractivity contribution in [3.8, 4) is 0 Å². The molecule has 0 aromatic heterocycles. The molecule has 1 heterocycles. The van der Waals surface area contributed by atoms with Crippen molar-refractivity contribution in [3.05, 3.63) is 23.8 Å². The number of rotatable bonds is 2. The van der Waals surface area contributed by atoms with E-state index in [4.69, 9.17) is 11.5 Å². The van der Waals surface area contributed by atoms with Crippen LogP contribution in [0, 0.1) is 0 Å². The summed E-state index contributed by atoms with van der Waals surface area (Å²) in [6.45, 7) is 0.461. The second kappa shape index (κ2) is 4.95. The number of hydrogen-bond acceptors (Lipinski definition) is 4. The Morgan fingerprint density at radius 3 is 2.50 bits per heavy atom. The minimum absolute atomic E-state index is 0.0219. The summed E-state index contributed by atoms with van der Waals surface area (Å²) in [7, 11) is 0. The van der Waals surface area contributed by atoms with Gasteiger partial charge in [-0.1, -0.05) is 0 Å². The van der Waals surface area contributed by atoms with Crippen molar-refractivity contribution < 1.29 is 9.59 Å². The summed E-state index contributed by atoms with van der Waals surface area (Å²) in [5, 5.41) is 5.55. The van der Waals surface area contributed by atoms with Crippen molar-refractivity contribution in [1.29, 1.82) is 0 Å². The molecule has 0 aliphatic carbocycles. The molecule has 1 aliphatic heterocycles. The zero-order chi connectivity index (χ0) is 13.1. The molecule has 1 unspecified atom stereocenters. The van der Waals surface area contributed by atoms with E-state index in [-0.39, 0.29) is 17.9 Å². The number of carbonyl (C=O) groups excluding carboxylic acids is 2. The van der Waals surface area contributed by atoms with E-state index < -0.39 is 0 Å². The fraction of sp³-hybridized carbons (Fsp3) is 0.333. The average molecular weight is 248 g/mol. The van der Waals surface area contributed by atoms with Crippen molar-refractivity contribution in [1.82, 2.24) is 10.6 Å². The zero-order valence-corrected chi connectivity index (χ0v) is 9.90. The molecule has 6 N–H and O–H groups in total. The quantitative estimate of drug-likeness (QED) is 0.546. The molecule has 2 rings (SSSR count). The van der Waals surface area contributed by atoms with Crippen LogP contribution in [0.5, 0.6) is 0 Å². The topological polar surface area (TPSA) is 110 Å². The highest BCUT2D eigenvalue weighted by molar-refractivity contribution is 5.96. The van der Waals surface area contributed by atoms with Gasteiger partial charge >= 0.3 is 0 Å². The van der Waals surface area contributed by atoms with Gasteiger partial charge in [-0.25, -0.2) is 0 Å². The van der Waals surface area contributed by atoms with Gasteiger partial charge in [0.1, 0.15) is 0 Å². The predicted molar refractivity (Wildman–Crippen MR) is 68.8 cm³/mol. The van der Waals surface area contributed by atoms with Gasteiger partial charge in [0.25, 0.3) is 5.91 Å². The van der Waals surface area contributed by atoms with Crippen LogP contribution >= 0.6 is 0 Å². The third kappa shape index (κ3) is 2.91. The molecular formula is C12H16N4O2. The van der Waals surface area contributed by atoms with Crippen LogP contribution in [-0.2, 0) is 4.79 Å². The Kier molecular flexibility index (Phi) is 3.36. The summed E-state index contributed by atoms with van der Waals surface area (Å²) < 4.78 is 0. The molecule has 1 atom stereocenters. The number of nitrogen functional groups attached to an aromatic ring is 2. The smallest absolute Gasteiger partial charge is 0.251 e. The second-order valence-corrected chi connectivity index (χ2v) is 4.40. The molecule has 0 spiro atoms. The minimum atomic E-state index is -0.227. The van der Waals surface area contributed by atoms with Gasteiger partial charge in [0.15, 0.2) is 0 Å². The first-order valence-corrected chi connectivity index (χ1v) is 5.78. The first-order chi connectivity index (χ1) is 8.54. The number of piperidine rings is 1. The largest absolute Gasteiger partial charge is 0.399 e. The summed E-state index contributed by atoms with van der Waals surface area (Å²) in [5.74, 6) is -0.205. The van der Waals surface area contributed by atoms with Gasteiger partial charge in [0.05, 0.1) is 0 Å². The highest BCUT2D eigenvalue weighted by atomic mass is 16.2. The number of hydrogen-bond donors (Lipinski definition) is 4. The van der Waals surface area contributed by atoms with Crippen LogP contribution in [0.2, 0.25) is 0 Å². The van der Waals surface area contributed by atoms with Gasteiger partial charge in [-0.3, -0.25) is 9.59 Å². The summed E-state index contributed by atoms with van der Waals surface area (Å²) in [5.41, 5.74) is 12.6. The maximum atomic E-state index is 12.0. The van der Waals surface area contributed by atoms with Gasteiger partial charge in [-0.05, 0) is 24.6 Å². The third-order valence-corrected chi connectivity index (χ3v) is 2.84. The normalized spacial score (nSPS) is 19.1. The Labute approximate surface area is 105 Å². The summed E-state index contributed by atoms with van der Waals surface area (Å²) in [6, 6.07) is 4.70. The molecule has 1 aromatic rings. The van der Waals surface area contributed by atoms with E-state index in [9.17, 15) is 9.59 Å². The van der Waals surface area contributed by atoms with Gasteiger partial charge in [-0.2, -0.15) is 0 Å². The molecule has 0 bridgehead atoms. The lowest BCUT2D eigenvalue weighted by molar-refractivity contribution is -0.122. The average Bonchev–Trinajstić information content (AvgIpc) is 2.31. The first-order valence-electron chi connectivity index (χ1n) is 5.78. The Morgan fingerprint density at radius 2 is 1.94 bits per heavy atom. The second-order valence-electron chi connectivity index (χ2n) is 4.40. The highest BCUT2D eigenvalue weighted by Gasteiger charge is 2.20. The Balaban J connectivity index is 2.01. The predicted octanol–water partition coefficient (Wildman–Crippen LogP) is -0.141. The van der Waals surface area contributed by atoms with E-state index >= 15 is 0 Å². The van der Waals surface area contributed by atoms with E-state index in [1.807, 2.05) is 0 Å². The van der Waals surface area contributed by atoms with Gasteiger partial charge in [0, 0.05) is 35.9 Å². The molecule has 6 heteroatoms. The minimum Gasteiger partial charge on any atom is -0.399 e. The molecule has 2 amide bonds. The zero-order valence-electron chi connectivity index (χ0n) is 9.90. The van der Waals surface area contributed by atoms with Gasteiger partial charge in [0.2, 0.25) is 5.91 Å². The monoisotopic (exact) mass is 248 g/mol. The Morgan fingerprint density at radius 1 is 1.28 bits per heavy atom. The van der Waals surface area contributed by atoms with Gasteiger partial charge < -0.3 is 22.1 Å². The van der Waals surface area contributed by atoms with Gasteiger partial charge in [-0.15, -0.1) is 0 Å². The molecule has 1 aromatic carbocycles. The molecule has 18 heavy (non-hydrogen) atoms. The molecule has 1 fully saturated rings. The van der Waals surface area contributed by atoms with Crippen molar-refractivity contribution in [3.63, 3.8) is 0 Å². The standard InChI is InChI=1S/C12H16N4O2/c13-8-3-7(4-9(14)5-8)12(18)16-10-1-2-11(17)15-6-10/h3-5,10H,1-2,6,13-14H2,(H,15,17)(H,16,18). The van der Waals surface area contributed by atoms with Crippen LogP contribution in [-0.4, -0.2) is 24.4 Å². The summed E-state index contributed by atoms with van der Waals surface area (Å²) in [6.07, 6.45) is 1.08. The van der Waals surface area contributed by atoms with Crippen LogP contribution < -0.4 is 22.1 Å². The van der Waals surface area contributed by atoms with Crippen molar-refractivity contribution in [2.75, 3.05) is 18.0 Å². The molecule has 6 nitrogen and oxygen atoms in total. The number of benzene rings is 1. The number of carbonyl (C=O) groups is 2. The number of anilines is 2. The van der Waals surface area contributed by atoms with Crippen LogP contribution in [0.1, 0.15) is 23.2 Å². The van der Waals surface area contributed by atoms with E-state index in [0.717, 1.165) is 0 Å². The van der Waals surface area contributed by atoms with Crippen LogP contribution in [0.4, 0.5) is 11.4 Å². The van der Waals surface area contributed by atoms with Crippen LogP contribution in [0.15, 0.2) is 18.2 Å². The van der Waals surface area contributed by atoms with E-state index in [1.54, 1.807) is 18.2 Å². The molecule has 96 valence electrons. The van der Waals surface area contributed by atoms with Crippen molar-refractivity contribution in [2.45, 2.75) is 18.9 Å². The Hall–Kier alpha value is -2.24. The lowest BCUT2D eigenvalue weighted by atomic mass is 10.1.